The molecule has 26 heavy (non-hydrogen) atoms. The Balaban J connectivity index is 1.56. The molecule has 4 heteroatoms. The first kappa shape index (κ1) is 17.6. The highest BCUT2D eigenvalue weighted by Crippen LogP contribution is 2.59. The normalized spacial score (nSPS) is 26.0. The minimum atomic E-state index is -0.157. The van der Waals surface area contributed by atoms with Crippen molar-refractivity contribution in [2.45, 2.75) is 70.4 Å². The Kier molecular flexibility index (Phi) is 4.76. The summed E-state index contributed by atoms with van der Waals surface area (Å²) in [5, 5.41) is 0. The van der Waals surface area contributed by atoms with Gasteiger partial charge in [-0.15, -0.1) is 0 Å². The Morgan fingerprint density at radius 3 is 2.35 bits per heavy atom. The molecule has 0 aromatic heterocycles. The smallest absolute Gasteiger partial charge is 0.232 e. The van der Waals surface area contributed by atoms with Gasteiger partial charge in [0.1, 0.15) is 0 Å². The van der Waals surface area contributed by atoms with Crippen molar-refractivity contribution in [3.63, 3.8) is 0 Å². The molecule has 1 unspecified atom stereocenters. The molecule has 1 spiro atoms. The third kappa shape index (κ3) is 2.74. The second-order valence-electron chi connectivity index (χ2n) is 8.21. The molecule has 2 saturated heterocycles. The van der Waals surface area contributed by atoms with Crippen LogP contribution in [0.2, 0.25) is 0 Å². The third-order valence-corrected chi connectivity index (χ3v) is 6.84. The average Bonchev–Trinajstić information content (AvgIpc) is 2.72. The van der Waals surface area contributed by atoms with E-state index >= 15 is 0 Å². The molecule has 4 nitrogen and oxygen atoms in total. The monoisotopic (exact) mass is 354 g/mol. The minimum absolute atomic E-state index is 0.157. The third-order valence-electron chi connectivity index (χ3n) is 6.84. The molecule has 2 heterocycles. The Morgan fingerprint density at radius 2 is 1.73 bits per heavy atom. The minimum Gasteiger partial charge on any atom is -0.343 e. The molecular formula is C22H30N2O2. The maximum Gasteiger partial charge on any atom is 0.232 e. The van der Waals surface area contributed by atoms with Crippen molar-refractivity contribution in [1.29, 1.82) is 0 Å². The fourth-order valence-electron chi connectivity index (χ4n) is 5.47. The first-order chi connectivity index (χ1) is 12.7. The Hall–Kier alpha value is -1.84. The van der Waals surface area contributed by atoms with Gasteiger partial charge in [0.05, 0.1) is 11.5 Å². The van der Waals surface area contributed by atoms with E-state index in [1.807, 2.05) is 11.8 Å². The highest BCUT2D eigenvalue weighted by atomic mass is 16.2. The summed E-state index contributed by atoms with van der Waals surface area (Å²) in [5.74, 6) is 0.619. The van der Waals surface area contributed by atoms with Crippen LogP contribution in [0.25, 0.3) is 0 Å². The molecule has 2 amide bonds. The zero-order valence-corrected chi connectivity index (χ0v) is 15.8. The fraction of sp³-hybridized carbons (Fsp3) is 0.636. The number of hydrogen-bond donors (Lipinski definition) is 0. The van der Waals surface area contributed by atoms with E-state index in [0.29, 0.717) is 12.3 Å². The van der Waals surface area contributed by atoms with Crippen LogP contribution in [-0.4, -0.2) is 40.7 Å². The van der Waals surface area contributed by atoms with Crippen LogP contribution in [0.15, 0.2) is 30.3 Å². The second-order valence-corrected chi connectivity index (χ2v) is 8.21. The number of hydrogen-bond acceptors (Lipinski definition) is 2. The molecule has 1 atom stereocenters. The van der Waals surface area contributed by atoms with E-state index in [2.05, 4.69) is 35.2 Å². The molecule has 0 radical (unpaired) electrons. The fourth-order valence-corrected chi connectivity index (χ4v) is 5.47. The molecule has 2 aliphatic heterocycles. The van der Waals surface area contributed by atoms with Crippen LogP contribution in [-0.2, 0) is 9.59 Å². The molecule has 0 bridgehead atoms. The van der Waals surface area contributed by atoms with Gasteiger partial charge in [0.25, 0.3) is 0 Å². The van der Waals surface area contributed by atoms with Crippen LogP contribution in [0.1, 0.15) is 69.9 Å². The molecule has 4 rings (SSSR count). The summed E-state index contributed by atoms with van der Waals surface area (Å²) >= 11 is 0. The number of rotatable bonds is 3. The van der Waals surface area contributed by atoms with E-state index in [-0.39, 0.29) is 23.4 Å². The highest BCUT2D eigenvalue weighted by molar-refractivity contribution is 5.91. The van der Waals surface area contributed by atoms with Gasteiger partial charge in [-0.25, -0.2) is 0 Å². The van der Waals surface area contributed by atoms with Crippen LogP contribution >= 0.6 is 0 Å². The topological polar surface area (TPSA) is 40.6 Å². The SMILES string of the molecule is CCC(=O)N1CCC(N2C(=O)C3(CCCCC3)C2c2ccccc2)CC1. The number of likely N-dealkylation sites (tertiary alicyclic amines) is 2. The van der Waals surface area contributed by atoms with Crippen molar-refractivity contribution in [1.82, 2.24) is 9.80 Å². The number of β-lactam (4-membered cyclic amide) rings is 1. The predicted molar refractivity (Wildman–Crippen MR) is 101 cm³/mol. The summed E-state index contributed by atoms with van der Waals surface area (Å²) in [5.41, 5.74) is 1.14. The molecule has 1 aromatic rings. The Labute approximate surface area is 156 Å². The molecule has 140 valence electrons. The summed E-state index contributed by atoms with van der Waals surface area (Å²) in [6, 6.07) is 11.1. The van der Waals surface area contributed by atoms with Gasteiger partial charge in [0.15, 0.2) is 0 Å². The van der Waals surface area contributed by atoms with Crippen LogP contribution < -0.4 is 0 Å². The van der Waals surface area contributed by atoms with Crippen LogP contribution in [0.5, 0.6) is 0 Å². The molecule has 1 saturated carbocycles. The lowest BCUT2D eigenvalue weighted by molar-refractivity contribution is -0.186. The van der Waals surface area contributed by atoms with Crippen LogP contribution in [0.4, 0.5) is 0 Å². The van der Waals surface area contributed by atoms with Crippen molar-refractivity contribution < 1.29 is 9.59 Å². The van der Waals surface area contributed by atoms with E-state index in [4.69, 9.17) is 0 Å². The molecule has 3 aliphatic rings. The second kappa shape index (κ2) is 7.05. The van der Waals surface area contributed by atoms with Gasteiger partial charge < -0.3 is 9.80 Å². The van der Waals surface area contributed by atoms with Gasteiger partial charge in [-0.05, 0) is 31.2 Å². The molecule has 0 N–H and O–H groups in total. The maximum atomic E-state index is 13.3. The Bertz CT molecular complexity index is 658. The first-order valence-electron chi connectivity index (χ1n) is 10.3. The number of carbonyl (C=O) groups is 2. The summed E-state index contributed by atoms with van der Waals surface area (Å²) in [4.78, 5) is 29.5. The zero-order chi connectivity index (χ0) is 18.1. The van der Waals surface area contributed by atoms with Crippen molar-refractivity contribution in [3.05, 3.63) is 35.9 Å². The maximum absolute atomic E-state index is 13.3. The van der Waals surface area contributed by atoms with Gasteiger partial charge in [-0.3, -0.25) is 9.59 Å². The number of nitrogens with zero attached hydrogens (tertiary/aromatic N) is 2. The van der Waals surface area contributed by atoms with Gasteiger partial charge in [0, 0.05) is 25.6 Å². The number of piperidine rings is 1. The average molecular weight is 354 g/mol. The lowest BCUT2D eigenvalue weighted by Gasteiger charge is -2.61. The summed E-state index contributed by atoms with van der Waals surface area (Å²) in [7, 11) is 0. The zero-order valence-electron chi connectivity index (χ0n) is 15.8. The number of amides is 2. The molecular weight excluding hydrogens is 324 g/mol. The van der Waals surface area contributed by atoms with Crippen LogP contribution in [0, 0.1) is 5.41 Å². The number of benzene rings is 1. The van der Waals surface area contributed by atoms with E-state index < -0.39 is 0 Å². The van der Waals surface area contributed by atoms with Gasteiger partial charge in [-0.1, -0.05) is 56.5 Å². The van der Waals surface area contributed by atoms with E-state index in [1.165, 1.54) is 24.8 Å². The largest absolute Gasteiger partial charge is 0.343 e. The molecule has 1 aliphatic carbocycles. The molecule has 3 fully saturated rings. The summed E-state index contributed by atoms with van der Waals surface area (Å²) in [6.07, 6.45) is 8.08. The van der Waals surface area contributed by atoms with Gasteiger partial charge in [-0.2, -0.15) is 0 Å². The van der Waals surface area contributed by atoms with Crippen molar-refractivity contribution in [3.8, 4) is 0 Å². The van der Waals surface area contributed by atoms with Crippen molar-refractivity contribution in [2.24, 2.45) is 5.41 Å². The van der Waals surface area contributed by atoms with Crippen LogP contribution in [0.3, 0.4) is 0 Å². The standard InChI is InChI=1S/C22H30N2O2/c1-2-19(25)23-15-11-18(12-16-23)24-20(17-9-5-3-6-10-17)22(21(24)26)13-7-4-8-14-22/h3,5-6,9-10,18,20H,2,4,7-8,11-16H2,1H3. The quantitative estimate of drug-likeness (QED) is 0.772. The van der Waals surface area contributed by atoms with E-state index in [1.54, 1.807) is 0 Å². The van der Waals surface area contributed by atoms with Gasteiger partial charge in [0.2, 0.25) is 11.8 Å². The van der Waals surface area contributed by atoms with Crippen molar-refractivity contribution in [2.75, 3.05) is 13.1 Å². The Morgan fingerprint density at radius 1 is 1.08 bits per heavy atom. The lowest BCUT2D eigenvalue weighted by Crippen LogP contribution is -2.67. The van der Waals surface area contributed by atoms with E-state index in [9.17, 15) is 9.59 Å². The highest BCUT2D eigenvalue weighted by Gasteiger charge is 2.62. The summed E-state index contributed by atoms with van der Waals surface area (Å²) in [6.45, 7) is 3.50. The predicted octanol–water partition coefficient (Wildman–Crippen LogP) is 3.92. The number of carbonyl (C=O) groups excluding carboxylic acids is 2. The van der Waals surface area contributed by atoms with Gasteiger partial charge >= 0.3 is 0 Å². The van der Waals surface area contributed by atoms with Crippen molar-refractivity contribution >= 4 is 11.8 Å². The van der Waals surface area contributed by atoms with E-state index in [0.717, 1.165) is 38.8 Å². The molecule has 1 aromatic carbocycles. The lowest BCUT2D eigenvalue weighted by atomic mass is 9.59. The first-order valence-corrected chi connectivity index (χ1v) is 10.3. The summed E-state index contributed by atoms with van der Waals surface area (Å²) < 4.78 is 0.